The highest BCUT2D eigenvalue weighted by molar-refractivity contribution is 8.00. The molecule has 2 aromatic heterocycles. The van der Waals surface area contributed by atoms with Crippen molar-refractivity contribution in [2.24, 2.45) is 7.05 Å². The van der Waals surface area contributed by atoms with Crippen LogP contribution in [0.2, 0.25) is 0 Å². The molecule has 7 nitrogen and oxygen atoms in total. The molecule has 1 aliphatic heterocycles. The van der Waals surface area contributed by atoms with Crippen LogP contribution in [0.5, 0.6) is 0 Å². The number of piperidine rings is 1. The highest BCUT2D eigenvalue weighted by Gasteiger charge is 2.25. The van der Waals surface area contributed by atoms with Crippen molar-refractivity contribution in [1.82, 2.24) is 24.1 Å². The fourth-order valence-electron chi connectivity index (χ4n) is 3.47. The topological polar surface area (TPSA) is 72.5 Å². The number of aromatic nitrogens is 4. The molecule has 1 atom stereocenters. The van der Waals surface area contributed by atoms with Gasteiger partial charge < -0.3 is 4.90 Å². The number of hydrogen-bond donors (Lipinski definition) is 0. The average Bonchev–Trinajstić information content (AvgIpc) is 3.10. The van der Waals surface area contributed by atoms with Crippen molar-refractivity contribution in [1.29, 1.82) is 0 Å². The summed E-state index contributed by atoms with van der Waals surface area (Å²) in [4.78, 5) is 27.2. The summed E-state index contributed by atoms with van der Waals surface area (Å²) in [7, 11) is 1.69. The minimum absolute atomic E-state index is 0.102. The van der Waals surface area contributed by atoms with Crippen LogP contribution >= 0.6 is 11.8 Å². The minimum atomic E-state index is -0.253. The van der Waals surface area contributed by atoms with E-state index >= 15 is 0 Å². The van der Waals surface area contributed by atoms with Crippen LogP contribution in [-0.4, -0.2) is 48.3 Å². The molecule has 0 radical (unpaired) electrons. The van der Waals surface area contributed by atoms with Gasteiger partial charge in [0.15, 0.2) is 5.16 Å². The number of hydrogen-bond acceptors (Lipinski definition) is 5. The van der Waals surface area contributed by atoms with Crippen molar-refractivity contribution in [2.75, 3.05) is 13.1 Å². The van der Waals surface area contributed by atoms with Crippen LogP contribution in [0.15, 0.2) is 34.2 Å². The van der Waals surface area contributed by atoms with Gasteiger partial charge >= 0.3 is 0 Å². The number of benzene rings is 1. The Morgan fingerprint density at radius 3 is 2.65 bits per heavy atom. The lowest BCUT2D eigenvalue weighted by molar-refractivity contribution is -0.131. The molecule has 136 valence electrons. The second-order valence-electron chi connectivity index (χ2n) is 6.65. The Bertz CT molecular complexity index is 1040. The number of thioether (sulfide) groups is 1. The highest BCUT2D eigenvalue weighted by Crippen LogP contribution is 2.26. The van der Waals surface area contributed by atoms with Gasteiger partial charge in [-0.05, 0) is 38.3 Å². The van der Waals surface area contributed by atoms with Gasteiger partial charge in [-0.1, -0.05) is 23.9 Å². The molecule has 1 aromatic carbocycles. The molecule has 0 N–H and O–H groups in total. The third-order valence-electron chi connectivity index (χ3n) is 4.89. The van der Waals surface area contributed by atoms with Gasteiger partial charge in [0.1, 0.15) is 0 Å². The molecule has 4 rings (SSSR count). The number of likely N-dealkylation sites (tertiary alicyclic amines) is 1. The van der Waals surface area contributed by atoms with Gasteiger partial charge in [-0.25, -0.2) is 0 Å². The van der Waals surface area contributed by atoms with E-state index < -0.39 is 0 Å². The van der Waals surface area contributed by atoms with E-state index in [0.29, 0.717) is 16.3 Å². The zero-order valence-corrected chi connectivity index (χ0v) is 15.7. The SMILES string of the molecule is CC(Sc1nnc2n(C)c(=O)c3ccccc3n12)C(=O)N1CCCCC1. The molecule has 1 aliphatic rings. The number of carbonyl (C=O) groups is 1. The van der Waals surface area contributed by atoms with E-state index in [1.165, 1.54) is 22.7 Å². The van der Waals surface area contributed by atoms with E-state index in [1.807, 2.05) is 34.4 Å². The van der Waals surface area contributed by atoms with Gasteiger partial charge in [-0.15, -0.1) is 10.2 Å². The first-order valence-electron chi connectivity index (χ1n) is 8.86. The molecule has 1 fully saturated rings. The van der Waals surface area contributed by atoms with Crippen LogP contribution < -0.4 is 5.56 Å². The Balaban J connectivity index is 1.73. The largest absolute Gasteiger partial charge is 0.342 e. The molecule has 0 bridgehead atoms. The summed E-state index contributed by atoms with van der Waals surface area (Å²) in [6.45, 7) is 3.58. The lowest BCUT2D eigenvalue weighted by atomic mass is 10.1. The molecule has 0 aliphatic carbocycles. The molecular formula is C18H21N5O2S. The fourth-order valence-corrected chi connectivity index (χ4v) is 4.41. The zero-order valence-electron chi connectivity index (χ0n) is 14.9. The van der Waals surface area contributed by atoms with E-state index in [-0.39, 0.29) is 16.7 Å². The van der Waals surface area contributed by atoms with Crippen molar-refractivity contribution < 1.29 is 4.79 Å². The molecular weight excluding hydrogens is 350 g/mol. The van der Waals surface area contributed by atoms with E-state index in [9.17, 15) is 9.59 Å². The Kier molecular flexibility index (Phi) is 4.44. The average molecular weight is 371 g/mol. The maximum absolute atomic E-state index is 12.7. The lowest BCUT2D eigenvalue weighted by Crippen LogP contribution is -2.40. The number of fused-ring (bicyclic) bond motifs is 3. The predicted molar refractivity (Wildman–Crippen MR) is 101 cm³/mol. The smallest absolute Gasteiger partial charge is 0.262 e. The molecule has 3 aromatic rings. The molecule has 1 unspecified atom stereocenters. The van der Waals surface area contributed by atoms with Gasteiger partial charge in [0.25, 0.3) is 5.56 Å². The van der Waals surface area contributed by atoms with Gasteiger partial charge in [0.05, 0.1) is 16.2 Å². The van der Waals surface area contributed by atoms with E-state index in [1.54, 1.807) is 13.1 Å². The summed E-state index contributed by atoms with van der Waals surface area (Å²) in [5.41, 5.74) is 0.658. The normalized spacial score (nSPS) is 16.3. The number of amides is 1. The van der Waals surface area contributed by atoms with Gasteiger partial charge in [-0.2, -0.15) is 0 Å². The lowest BCUT2D eigenvalue weighted by Gasteiger charge is -2.28. The van der Waals surface area contributed by atoms with Crippen LogP contribution in [0.4, 0.5) is 0 Å². The van der Waals surface area contributed by atoms with Gasteiger partial charge in [0, 0.05) is 20.1 Å². The van der Waals surface area contributed by atoms with Gasteiger partial charge in [0.2, 0.25) is 11.7 Å². The Morgan fingerprint density at radius 2 is 1.88 bits per heavy atom. The maximum atomic E-state index is 12.7. The molecule has 8 heteroatoms. The van der Waals surface area contributed by atoms with Crippen molar-refractivity contribution in [3.63, 3.8) is 0 Å². The minimum Gasteiger partial charge on any atom is -0.342 e. The summed E-state index contributed by atoms with van der Waals surface area (Å²) < 4.78 is 3.36. The Morgan fingerprint density at radius 1 is 1.15 bits per heavy atom. The molecule has 0 spiro atoms. The standard InChI is InChI=1S/C18H21N5O2S/c1-12(15(24)22-10-6-3-7-11-22)26-18-20-19-17-21(2)16(25)13-8-4-5-9-14(13)23(17)18/h4-5,8-9,12H,3,6-7,10-11H2,1-2H3. The monoisotopic (exact) mass is 371 g/mol. The first-order valence-corrected chi connectivity index (χ1v) is 9.74. The summed E-state index contributed by atoms with van der Waals surface area (Å²) in [5, 5.41) is 9.43. The third kappa shape index (κ3) is 2.78. The second kappa shape index (κ2) is 6.75. The van der Waals surface area contributed by atoms with Crippen LogP contribution in [0.3, 0.4) is 0 Å². The van der Waals surface area contributed by atoms with Crippen LogP contribution in [0, 0.1) is 0 Å². The number of rotatable bonds is 3. The quantitative estimate of drug-likeness (QED) is 0.659. The van der Waals surface area contributed by atoms with Crippen molar-refractivity contribution in [3.8, 4) is 0 Å². The summed E-state index contributed by atoms with van der Waals surface area (Å²) in [6.07, 6.45) is 3.34. The van der Waals surface area contributed by atoms with Crippen LogP contribution in [-0.2, 0) is 11.8 Å². The first kappa shape index (κ1) is 17.1. The molecule has 1 saturated heterocycles. The van der Waals surface area contributed by atoms with Crippen LogP contribution in [0.25, 0.3) is 16.7 Å². The highest BCUT2D eigenvalue weighted by atomic mass is 32.2. The number of para-hydroxylation sites is 1. The molecule has 26 heavy (non-hydrogen) atoms. The summed E-state index contributed by atoms with van der Waals surface area (Å²) in [6, 6.07) is 7.41. The first-order chi connectivity index (χ1) is 12.6. The Labute approximate surface area is 155 Å². The fraction of sp³-hybridized carbons (Fsp3) is 0.444. The van der Waals surface area contributed by atoms with Crippen molar-refractivity contribution >= 4 is 34.3 Å². The zero-order chi connectivity index (χ0) is 18.3. The Hall–Kier alpha value is -2.35. The number of aryl methyl sites for hydroxylation is 1. The van der Waals surface area contributed by atoms with E-state index in [2.05, 4.69) is 10.2 Å². The summed E-state index contributed by atoms with van der Waals surface area (Å²) in [5.74, 6) is 0.620. The molecule has 3 heterocycles. The third-order valence-corrected chi connectivity index (χ3v) is 5.92. The second-order valence-corrected chi connectivity index (χ2v) is 7.95. The van der Waals surface area contributed by atoms with Crippen molar-refractivity contribution in [3.05, 3.63) is 34.6 Å². The number of nitrogens with zero attached hydrogens (tertiary/aromatic N) is 5. The predicted octanol–water partition coefficient (Wildman–Crippen LogP) is 2.07. The van der Waals surface area contributed by atoms with Crippen LogP contribution in [0.1, 0.15) is 26.2 Å². The van der Waals surface area contributed by atoms with E-state index in [4.69, 9.17) is 0 Å². The summed E-state index contributed by atoms with van der Waals surface area (Å²) >= 11 is 1.39. The van der Waals surface area contributed by atoms with Gasteiger partial charge in [-0.3, -0.25) is 18.6 Å². The number of carbonyl (C=O) groups excluding carboxylic acids is 1. The maximum Gasteiger partial charge on any atom is 0.262 e. The van der Waals surface area contributed by atoms with E-state index in [0.717, 1.165) is 31.4 Å². The van der Waals surface area contributed by atoms with Crippen molar-refractivity contribution in [2.45, 2.75) is 36.6 Å². The molecule has 0 saturated carbocycles. The molecule has 1 amide bonds.